The molecule has 8 aromatic carbocycles. The first-order valence-electron chi connectivity index (χ1n) is 21.2. The van der Waals surface area contributed by atoms with Crippen LogP contribution < -0.4 is 9.80 Å². The van der Waals surface area contributed by atoms with Crippen molar-refractivity contribution in [3.63, 3.8) is 0 Å². The van der Waals surface area contributed by atoms with Crippen LogP contribution >= 0.6 is 0 Å². The molecule has 0 saturated heterocycles. The molecule has 0 amide bonds. The van der Waals surface area contributed by atoms with Gasteiger partial charge in [-0.05, 0) is 148 Å². The molecule has 2 nitrogen and oxygen atoms in total. The third-order valence-corrected chi connectivity index (χ3v) is 13.3. The van der Waals surface area contributed by atoms with Crippen molar-refractivity contribution in [1.29, 1.82) is 0 Å². The highest BCUT2D eigenvalue weighted by molar-refractivity contribution is 5.83. The van der Waals surface area contributed by atoms with Crippen LogP contribution in [0.25, 0.3) is 11.1 Å². The molecule has 9 rings (SSSR count). The van der Waals surface area contributed by atoms with Gasteiger partial charge in [-0.2, -0.15) is 0 Å². The highest BCUT2D eigenvalue weighted by Gasteiger charge is 2.54. The number of hydrogen-bond donors (Lipinski definition) is 0. The molecule has 2 atom stereocenters. The van der Waals surface area contributed by atoms with Crippen LogP contribution in [0.5, 0.6) is 0 Å². The Bertz CT molecular complexity index is 2510. The first-order chi connectivity index (χ1) is 28.9. The van der Waals surface area contributed by atoms with Crippen molar-refractivity contribution >= 4 is 34.1 Å². The molecular weight excluding hydrogens is 725 g/mol. The molecule has 0 N–H and O–H groups in total. The average Bonchev–Trinajstić information content (AvgIpc) is 3.26. The van der Waals surface area contributed by atoms with E-state index in [1.165, 1.54) is 66.8 Å². The van der Waals surface area contributed by atoms with Crippen molar-refractivity contribution in [1.82, 2.24) is 0 Å². The number of hydrogen-bond acceptors (Lipinski definition) is 2. The lowest BCUT2D eigenvalue weighted by atomic mass is 9.49. The van der Waals surface area contributed by atoms with Gasteiger partial charge in [-0.1, -0.05) is 156 Å². The van der Waals surface area contributed by atoms with Gasteiger partial charge in [-0.25, -0.2) is 0 Å². The molecule has 8 aromatic rings. The van der Waals surface area contributed by atoms with E-state index in [-0.39, 0.29) is 0 Å². The molecule has 0 aliphatic heterocycles. The first kappa shape index (κ1) is 38.9. The van der Waals surface area contributed by atoms with Gasteiger partial charge in [0.05, 0.1) is 0 Å². The van der Waals surface area contributed by atoms with Crippen LogP contribution in [-0.4, -0.2) is 0 Å². The van der Waals surface area contributed by atoms with Gasteiger partial charge in [0.2, 0.25) is 0 Å². The van der Waals surface area contributed by atoms with Crippen LogP contribution in [-0.2, 0) is 10.8 Å². The summed E-state index contributed by atoms with van der Waals surface area (Å²) in [6.45, 7) is 18.0. The van der Waals surface area contributed by atoms with Gasteiger partial charge in [0, 0.05) is 45.0 Å². The van der Waals surface area contributed by atoms with Gasteiger partial charge in [-0.3, -0.25) is 0 Å². The van der Waals surface area contributed by atoms with Crippen molar-refractivity contribution in [3.05, 3.63) is 238 Å². The maximum Gasteiger partial charge on any atom is 0.0461 e. The van der Waals surface area contributed by atoms with E-state index in [0.717, 1.165) is 34.1 Å². The molecule has 0 saturated carbocycles. The zero-order chi connectivity index (χ0) is 41.8. The fraction of sp³-hybridized carbons (Fsp3) is 0.172. The fourth-order valence-electron chi connectivity index (χ4n) is 9.60. The summed E-state index contributed by atoms with van der Waals surface area (Å²) in [5.74, 6) is 0. The van der Waals surface area contributed by atoms with E-state index in [1.54, 1.807) is 0 Å². The fourth-order valence-corrected chi connectivity index (χ4v) is 9.60. The molecular formula is C58H54N2. The molecule has 0 radical (unpaired) electrons. The lowest BCUT2D eigenvalue weighted by Gasteiger charge is -2.53. The Balaban J connectivity index is 1.22. The largest absolute Gasteiger partial charge is 0.311 e. The summed E-state index contributed by atoms with van der Waals surface area (Å²) in [5, 5.41) is 0. The van der Waals surface area contributed by atoms with Crippen LogP contribution in [0.2, 0.25) is 0 Å². The molecule has 0 spiro atoms. The van der Waals surface area contributed by atoms with Crippen LogP contribution in [0.3, 0.4) is 0 Å². The zero-order valence-corrected chi connectivity index (χ0v) is 36.2. The molecule has 0 aromatic heterocycles. The van der Waals surface area contributed by atoms with Gasteiger partial charge in [0.1, 0.15) is 0 Å². The topological polar surface area (TPSA) is 6.48 Å². The molecule has 0 heterocycles. The molecule has 2 unspecified atom stereocenters. The summed E-state index contributed by atoms with van der Waals surface area (Å²) in [7, 11) is 0. The molecule has 1 aliphatic carbocycles. The van der Waals surface area contributed by atoms with Crippen molar-refractivity contribution in [3.8, 4) is 11.1 Å². The lowest BCUT2D eigenvalue weighted by molar-refractivity contribution is 0.355. The number of anilines is 6. The number of aryl methyl sites for hydroxylation is 6. The summed E-state index contributed by atoms with van der Waals surface area (Å²) in [4.78, 5) is 4.74. The van der Waals surface area contributed by atoms with E-state index < -0.39 is 10.8 Å². The first-order valence-corrected chi connectivity index (χ1v) is 21.2. The number of benzene rings is 8. The van der Waals surface area contributed by atoms with Crippen molar-refractivity contribution in [2.45, 2.75) is 66.2 Å². The van der Waals surface area contributed by atoms with E-state index in [4.69, 9.17) is 0 Å². The van der Waals surface area contributed by atoms with Gasteiger partial charge in [0.15, 0.2) is 0 Å². The van der Waals surface area contributed by atoms with E-state index in [1.807, 2.05) is 0 Å². The maximum absolute atomic E-state index is 2.49. The second-order valence-corrected chi connectivity index (χ2v) is 17.5. The third kappa shape index (κ3) is 6.61. The lowest BCUT2D eigenvalue weighted by Crippen LogP contribution is -2.49. The number of rotatable bonds is 8. The van der Waals surface area contributed by atoms with Crippen LogP contribution in [0.1, 0.15) is 69.5 Å². The Labute approximate surface area is 357 Å². The number of nitrogens with zero attached hydrogens (tertiary/aromatic N) is 2. The zero-order valence-electron chi connectivity index (χ0n) is 36.2. The van der Waals surface area contributed by atoms with E-state index >= 15 is 0 Å². The van der Waals surface area contributed by atoms with Gasteiger partial charge in [-0.15, -0.1) is 0 Å². The highest BCUT2D eigenvalue weighted by atomic mass is 15.1. The summed E-state index contributed by atoms with van der Waals surface area (Å²) >= 11 is 0. The monoisotopic (exact) mass is 778 g/mol. The van der Waals surface area contributed by atoms with Crippen molar-refractivity contribution < 1.29 is 0 Å². The standard InChI is InChI=1S/C58H54N2/c1-39-9-23-47(24-10-39)59(48-25-11-40(2)12-26-48)51-31-19-45(20-32-51)57(7)55-37-43(5)17-35-53(55)54-36-18-44(6)38-56(54)58(57,8)46-21-33-52(34-22-46)60(49-27-13-41(3)14-28-49)50-29-15-42(4)16-30-50/h9-38H,1-8H3. The predicted molar refractivity (Wildman–Crippen MR) is 255 cm³/mol. The van der Waals surface area contributed by atoms with Gasteiger partial charge >= 0.3 is 0 Å². The van der Waals surface area contributed by atoms with Crippen LogP contribution in [0, 0.1) is 41.5 Å². The van der Waals surface area contributed by atoms with Crippen LogP contribution in [0.15, 0.2) is 182 Å². The Hall–Kier alpha value is -6.64. The van der Waals surface area contributed by atoms with Gasteiger partial charge in [0.25, 0.3) is 0 Å². The van der Waals surface area contributed by atoms with E-state index in [2.05, 4.69) is 247 Å². The van der Waals surface area contributed by atoms with Crippen molar-refractivity contribution in [2.75, 3.05) is 9.80 Å². The van der Waals surface area contributed by atoms with E-state index in [0.29, 0.717) is 0 Å². The minimum absolute atomic E-state index is 0.443. The van der Waals surface area contributed by atoms with Crippen molar-refractivity contribution in [2.24, 2.45) is 0 Å². The Kier molecular flexibility index (Phi) is 9.84. The van der Waals surface area contributed by atoms with Crippen LogP contribution in [0.4, 0.5) is 34.1 Å². The summed E-state index contributed by atoms with van der Waals surface area (Å²) < 4.78 is 0. The molecule has 296 valence electrons. The summed E-state index contributed by atoms with van der Waals surface area (Å²) in [5.41, 5.74) is 21.3. The SMILES string of the molecule is Cc1ccc(N(c2ccc(C)cc2)c2ccc(C3(C)c4cc(C)ccc4-c4ccc(C)cc4C3(C)c3ccc(N(c4ccc(C)cc4)c4ccc(C)cc4)cc3)cc2)cc1. The van der Waals surface area contributed by atoms with Gasteiger partial charge < -0.3 is 9.80 Å². The minimum atomic E-state index is -0.443. The molecule has 1 aliphatic rings. The normalized spacial score (nSPS) is 16.8. The second-order valence-electron chi connectivity index (χ2n) is 17.5. The quantitative estimate of drug-likeness (QED) is 0.152. The Morgan fingerprint density at radius 1 is 0.267 bits per heavy atom. The predicted octanol–water partition coefficient (Wildman–Crippen LogP) is 15.8. The maximum atomic E-state index is 2.49. The third-order valence-electron chi connectivity index (χ3n) is 13.3. The molecule has 2 heteroatoms. The smallest absolute Gasteiger partial charge is 0.0461 e. The summed E-state index contributed by atoms with van der Waals surface area (Å²) in [6.07, 6.45) is 0. The van der Waals surface area contributed by atoms with E-state index in [9.17, 15) is 0 Å². The Morgan fingerprint density at radius 3 is 0.733 bits per heavy atom. The average molecular weight is 779 g/mol. The minimum Gasteiger partial charge on any atom is -0.311 e. The Morgan fingerprint density at radius 2 is 0.483 bits per heavy atom. The molecule has 0 bridgehead atoms. The highest BCUT2D eigenvalue weighted by Crippen LogP contribution is 2.60. The number of fused-ring (bicyclic) bond motifs is 3. The second kappa shape index (κ2) is 15.2. The molecule has 0 fully saturated rings. The summed E-state index contributed by atoms with van der Waals surface area (Å²) in [6, 6.07) is 68.4. The molecule has 60 heavy (non-hydrogen) atoms.